The van der Waals surface area contributed by atoms with Crippen molar-refractivity contribution in [2.45, 2.75) is 19.5 Å². The Morgan fingerprint density at radius 3 is 2.12 bits per heavy atom. The maximum atomic E-state index is 5.86. The van der Waals surface area contributed by atoms with Gasteiger partial charge in [0.1, 0.15) is 0 Å². The van der Waals surface area contributed by atoms with Crippen LogP contribution in [0.15, 0.2) is 65.1 Å². The molecule has 5 heteroatoms. The summed E-state index contributed by atoms with van der Waals surface area (Å²) in [6.07, 6.45) is 1.16. The summed E-state index contributed by atoms with van der Waals surface area (Å²) in [6.45, 7) is 6.02. The van der Waals surface area contributed by atoms with E-state index in [0.717, 1.165) is 51.3 Å². The minimum Gasteiger partial charge on any atom is -0.419 e. The summed E-state index contributed by atoms with van der Waals surface area (Å²) in [7, 11) is 0. The van der Waals surface area contributed by atoms with E-state index in [9.17, 15) is 0 Å². The zero-order valence-corrected chi connectivity index (χ0v) is 14.9. The van der Waals surface area contributed by atoms with Crippen LogP contribution in [0.2, 0.25) is 0 Å². The molecule has 134 valence electrons. The molecule has 5 nitrogen and oxygen atoms in total. The molecule has 26 heavy (non-hydrogen) atoms. The Balaban J connectivity index is 1.33. The van der Waals surface area contributed by atoms with Crippen LogP contribution in [0.4, 0.5) is 0 Å². The Morgan fingerprint density at radius 1 is 0.731 bits per heavy atom. The molecule has 1 aromatic heterocycles. The van der Waals surface area contributed by atoms with Crippen LogP contribution < -0.4 is 0 Å². The number of hydrogen-bond donors (Lipinski definition) is 0. The molecular weight excluding hydrogens is 324 g/mol. The Labute approximate surface area is 154 Å². The third-order valence-electron chi connectivity index (χ3n) is 4.78. The second-order valence-electron chi connectivity index (χ2n) is 6.76. The van der Waals surface area contributed by atoms with Gasteiger partial charge in [0.05, 0.1) is 6.54 Å². The second-order valence-corrected chi connectivity index (χ2v) is 6.76. The molecule has 0 aliphatic carbocycles. The Kier molecular flexibility index (Phi) is 5.38. The number of nitrogens with zero attached hydrogens (tertiary/aromatic N) is 4. The zero-order valence-electron chi connectivity index (χ0n) is 14.9. The zero-order chi connectivity index (χ0) is 17.6. The van der Waals surface area contributed by atoms with Gasteiger partial charge in [-0.25, -0.2) is 0 Å². The summed E-state index contributed by atoms with van der Waals surface area (Å²) < 4.78 is 5.86. The van der Waals surface area contributed by atoms with Crippen molar-refractivity contribution in [1.82, 2.24) is 20.0 Å². The highest BCUT2D eigenvalue weighted by molar-refractivity contribution is 5.51. The molecule has 1 aliphatic heterocycles. The minimum absolute atomic E-state index is 0.598. The molecule has 2 aromatic carbocycles. The van der Waals surface area contributed by atoms with Crippen molar-refractivity contribution < 1.29 is 4.42 Å². The molecule has 0 saturated carbocycles. The van der Waals surface area contributed by atoms with Crippen LogP contribution in [0.5, 0.6) is 0 Å². The molecule has 0 spiro atoms. The topological polar surface area (TPSA) is 45.4 Å². The van der Waals surface area contributed by atoms with E-state index in [4.69, 9.17) is 4.42 Å². The van der Waals surface area contributed by atoms with E-state index in [1.165, 1.54) is 5.56 Å². The molecule has 0 N–H and O–H groups in total. The number of rotatable bonds is 5. The largest absolute Gasteiger partial charge is 0.419 e. The molecule has 0 bridgehead atoms. The van der Waals surface area contributed by atoms with E-state index in [2.05, 4.69) is 50.3 Å². The third-order valence-corrected chi connectivity index (χ3v) is 4.78. The molecule has 1 aliphatic rings. The van der Waals surface area contributed by atoms with Gasteiger partial charge in [-0.1, -0.05) is 48.5 Å². The molecule has 3 aromatic rings. The fourth-order valence-corrected chi connectivity index (χ4v) is 3.39. The minimum atomic E-state index is 0.598. The quantitative estimate of drug-likeness (QED) is 0.707. The highest BCUT2D eigenvalue weighted by atomic mass is 16.4. The summed E-state index contributed by atoms with van der Waals surface area (Å²) in [4.78, 5) is 4.94. The fraction of sp³-hybridized carbons (Fsp3) is 0.333. The van der Waals surface area contributed by atoms with Crippen LogP contribution in [0, 0.1) is 0 Å². The monoisotopic (exact) mass is 348 g/mol. The van der Waals surface area contributed by atoms with Gasteiger partial charge in [-0.15, -0.1) is 10.2 Å². The first-order valence-electron chi connectivity index (χ1n) is 9.23. The molecule has 0 atom stereocenters. The van der Waals surface area contributed by atoms with Crippen LogP contribution in [-0.4, -0.2) is 46.2 Å². The number of hydrogen-bond acceptors (Lipinski definition) is 5. The summed E-state index contributed by atoms with van der Waals surface area (Å²) in [5, 5.41) is 8.42. The lowest BCUT2D eigenvalue weighted by Gasteiger charge is -2.20. The van der Waals surface area contributed by atoms with Crippen molar-refractivity contribution in [3.05, 3.63) is 72.1 Å². The van der Waals surface area contributed by atoms with Gasteiger partial charge in [-0.05, 0) is 37.2 Å². The summed E-state index contributed by atoms with van der Waals surface area (Å²) >= 11 is 0. The Morgan fingerprint density at radius 2 is 1.38 bits per heavy atom. The maximum absolute atomic E-state index is 5.86. The van der Waals surface area contributed by atoms with Gasteiger partial charge in [0.2, 0.25) is 11.8 Å². The van der Waals surface area contributed by atoms with Gasteiger partial charge in [0, 0.05) is 25.2 Å². The molecule has 4 rings (SSSR count). The predicted octanol–water partition coefficient (Wildman–Crippen LogP) is 3.44. The lowest BCUT2D eigenvalue weighted by molar-refractivity contribution is 0.232. The van der Waals surface area contributed by atoms with E-state index in [0.29, 0.717) is 11.8 Å². The first-order chi connectivity index (χ1) is 12.9. The molecule has 0 amide bonds. The Hall–Kier alpha value is -2.50. The van der Waals surface area contributed by atoms with Crippen LogP contribution in [0.25, 0.3) is 11.5 Å². The van der Waals surface area contributed by atoms with E-state index in [1.54, 1.807) is 0 Å². The molecule has 1 saturated heterocycles. The van der Waals surface area contributed by atoms with Gasteiger partial charge in [-0.2, -0.15) is 0 Å². The van der Waals surface area contributed by atoms with Gasteiger partial charge >= 0.3 is 0 Å². The smallest absolute Gasteiger partial charge is 0.247 e. The lowest BCUT2D eigenvalue weighted by Crippen LogP contribution is -2.30. The lowest BCUT2D eigenvalue weighted by atomic mass is 10.2. The van der Waals surface area contributed by atoms with Gasteiger partial charge in [0.25, 0.3) is 0 Å². The van der Waals surface area contributed by atoms with Gasteiger partial charge in [-0.3, -0.25) is 9.80 Å². The molecule has 2 heterocycles. The number of benzene rings is 2. The van der Waals surface area contributed by atoms with Gasteiger partial charge < -0.3 is 4.42 Å². The van der Waals surface area contributed by atoms with Crippen molar-refractivity contribution in [2.24, 2.45) is 0 Å². The first-order valence-corrected chi connectivity index (χ1v) is 9.23. The molecular formula is C21H24N4O. The van der Waals surface area contributed by atoms with E-state index < -0.39 is 0 Å². The molecule has 0 unspecified atom stereocenters. The summed E-state index contributed by atoms with van der Waals surface area (Å²) in [5.74, 6) is 1.29. The van der Waals surface area contributed by atoms with E-state index in [-0.39, 0.29) is 0 Å². The van der Waals surface area contributed by atoms with E-state index in [1.807, 2.05) is 30.3 Å². The normalized spacial score (nSPS) is 16.5. The second kappa shape index (κ2) is 8.25. The average molecular weight is 348 g/mol. The third kappa shape index (κ3) is 4.36. The SMILES string of the molecule is c1ccc(CN2CCCN(Cc3nnc(-c4ccccc4)o3)CC2)cc1. The van der Waals surface area contributed by atoms with Crippen molar-refractivity contribution in [2.75, 3.05) is 26.2 Å². The molecule has 1 fully saturated rings. The predicted molar refractivity (Wildman–Crippen MR) is 101 cm³/mol. The fourth-order valence-electron chi connectivity index (χ4n) is 3.39. The summed E-state index contributed by atoms with van der Waals surface area (Å²) in [6, 6.07) is 20.6. The molecule has 0 radical (unpaired) electrons. The average Bonchev–Trinajstić information content (AvgIpc) is 3.05. The van der Waals surface area contributed by atoms with Crippen molar-refractivity contribution in [3.63, 3.8) is 0 Å². The van der Waals surface area contributed by atoms with Crippen molar-refractivity contribution in [3.8, 4) is 11.5 Å². The maximum Gasteiger partial charge on any atom is 0.247 e. The van der Waals surface area contributed by atoms with E-state index >= 15 is 0 Å². The van der Waals surface area contributed by atoms with Crippen molar-refractivity contribution >= 4 is 0 Å². The van der Waals surface area contributed by atoms with Crippen LogP contribution >= 0.6 is 0 Å². The highest BCUT2D eigenvalue weighted by Gasteiger charge is 2.17. The highest BCUT2D eigenvalue weighted by Crippen LogP contribution is 2.18. The van der Waals surface area contributed by atoms with Crippen molar-refractivity contribution in [1.29, 1.82) is 0 Å². The van der Waals surface area contributed by atoms with Gasteiger partial charge in [0.15, 0.2) is 0 Å². The standard InChI is InChI=1S/C21H24N4O/c1-3-8-18(9-4-1)16-24-12-7-13-25(15-14-24)17-20-22-23-21(26-20)19-10-5-2-6-11-19/h1-6,8-11H,7,12-17H2. The van der Waals surface area contributed by atoms with Crippen LogP contribution in [0.3, 0.4) is 0 Å². The Bertz CT molecular complexity index is 803. The summed E-state index contributed by atoms with van der Waals surface area (Å²) in [5.41, 5.74) is 2.35. The number of aromatic nitrogens is 2. The van der Waals surface area contributed by atoms with Crippen LogP contribution in [-0.2, 0) is 13.1 Å². The first kappa shape index (κ1) is 16.9. The van der Waals surface area contributed by atoms with Crippen LogP contribution in [0.1, 0.15) is 17.9 Å².